The maximum absolute atomic E-state index is 14.4. The van der Waals surface area contributed by atoms with Crippen LogP contribution < -0.4 is 24.8 Å². The number of alkyl halides is 1. The molecule has 1 aromatic carbocycles. The molecule has 2 saturated carbocycles. The molecule has 0 spiro atoms. The lowest BCUT2D eigenvalue weighted by Crippen LogP contribution is -2.59. The summed E-state index contributed by atoms with van der Waals surface area (Å²) in [5, 5.41) is 16.2. The van der Waals surface area contributed by atoms with Crippen molar-refractivity contribution in [3.8, 4) is 11.5 Å². The number of hydrogen-bond donors (Lipinski definition) is 4. The number of amides is 4. The lowest BCUT2D eigenvalue weighted by molar-refractivity contribution is -0.142. The first-order valence-electron chi connectivity index (χ1n) is 17.3. The molecule has 14 nitrogen and oxygen atoms in total. The number of nitrogens with one attached hydrogen (secondary N) is 3. The van der Waals surface area contributed by atoms with Crippen LogP contribution in [0, 0.1) is 17.8 Å². The summed E-state index contributed by atoms with van der Waals surface area (Å²) in [6.07, 6.45) is 4.82. The largest absolute Gasteiger partial charge is 0.497 e. The predicted molar refractivity (Wildman–Crippen MR) is 188 cm³/mol. The molecular weight excluding hydrogens is 721 g/mol. The van der Waals surface area contributed by atoms with Gasteiger partial charge in [0.25, 0.3) is 5.91 Å². The van der Waals surface area contributed by atoms with Crippen molar-refractivity contribution in [1.29, 1.82) is 0 Å². The molecule has 3 fully saturated rings. The van der Waals surface area contributed by atoms with E-state index in [0.717, 1.165) is 0 Å². The molecule has 4 aliphatic rings. The van der Waals surface area contributed by atoms with E-state index in [1.54, 1.807) is 31.2 Å². The third-order valence-corrected chi connectivity index (χ3v) is 13.3. The number of methoxy groups -OCH3 is 1. The lowest BCUT2D eigenvalue weighted by atomic mass is 9.88. The fourth-order valence-corrected chi connectivity index (χ4v) is 9.09. The van der Waals surface area contributed by atoms with Crippen molar-refractivity contribution >= 4 is 56.2 Å². The number of ether oxygens (including phenoxy) is 2. The van der Waals surface area contributed by atoms with Crippen LogP contribution in [0.25, 0.3) is 10.8 Å². The Morgan fingerprint density at radius 2 is 1.94 bits per heavy atom. The first-order valence-corrected chi connectivity index (χ1v) is 19.2. The van der Waals surface area contributed by atoms with E-state index in [4.69, 9.17) is 21.1 Å². The van der Waals surface area contributed by atoms with Gasteiger partial charge in [-0.2, -0.15) is 0 Å². The van der Waals surface area contributed by atoms with Crippen LogP contribution in [0.3, 0.4) is 0 Å². The van der Waals surface area contributed by atoms with Gasteiger partial charge in [0.1, 0.15) is 51.8 Å². The molecule has 0 bridgehead atoms. The standard InChI is InChI=1S/C35H43ClFN5O9S/c1-19-6-4-5-7-21-15-35(21,32(45)41-52(48,49)34(18-37)10-11-34)40-30(43)26-14-23(17-42(26)31(44)28(20(2)12-19)39-33(46)47)51-27-16-38-29(36)24-9-8-22(50-3)13-25(24)27/h5,7-9,13,16,19-21,23,26,28,39H,4,6,10-12,14-15,17-18H2,1-3H3,(H,40,43)(H,41,45)(H,46,47)/t19-,20-,21-,23-,26+,28+,35-/m1/s1. The molecule has 0 unspecified atom stereocenters. The zero-order chi connectivity index (χ0) is 37.6. The van der Waals surface area contributed by atoms with E-state index in [-0.39, 0.29) is 43.3 Å². The van der Waals surface area contributed by atoms with Crippen molar-refractivity contribution in [2.45, 2.75) is 87.3 Å². The van der Waals surface area contributed by atoms with Crippen molar-refractivity contribution in [3.63, 3.8) is 0 Å². The highest BCUT2D eigenvalue weighted by Crippen LogP contribution is 2.48. The maximum atomic E-state index is 14.4. The van der Waals surface area contributed by atoms with E-state index in [9.17, 15) is 37.1 Å². The first-order chi connectivity index (χ1) is 24.6. The van der Waals surface area contributed by atoms with Crippen molar-refractivity contribution in [1.82, 2.24) is 25.2 Å². The Morgan fingerprint density at radius 1 is 1.19 bits per heavy atom. The predicted octanol–water partition coefficient (Wildman–Crippen LogP) is 3.72. The van der Waals surface area contributed by atoms with Crippen molar-refractivity contribution < 1.29 is 46.6 Å². The maximum Gasteiger partial charge on any atom is 0.405 e. The SMILES string of the molecule is COc1ccc2c(Cl)ncc(O[C@@H]3C[C@H]4C(=O)N[C@]5(C(=O)NS(=O)(=O)C6(CF)CC6)C[C@H]5C=CCC[C@@H](C)C[C@@H](C)[C@H](NC(=O)O)C(=O)N4C3)c2c1. The van der Waals surface area contributed by atoms with Gasteiger partial charge in [-0.1, -0.05) is 37.6 Å². The number of sulfonamides is 1. The van der Waals surface area contributed by atoms with Gasteiger partial charge in [-0.3, -0.25) is 19.1 Å². The summed E-state index contributed by atoms with van der Waals surface area (Å²) in [6.45, 7) is 2.50. The van der Waals surface area contributed by atoms with Gasteiger partial charge in [0.2, 0.25) is 21.8 Å². The molecule has 0 radical (unpaired) electrons. The second-order valence-electron chi connectivity index (χ2n) is 14.6. The van der Waals surface area contributed by atoms with Gasteiger partial charge in [0, 0.05) is 23.1 Å². The number of hydrogen-bond acceptors (Lipinski definition) is 9. The number of nitrogens with zero attached hydrogens (tertiary/aromatic N) is 2. The molecule has 3 heterocycles. The van der Waals surface area contributed by atoms with Crippen LogP contribution in [0.4, 0.5) is 9.18 Å². The zero-order valence-electron chi connectivity index (χ0n) is 29.1. The molecule has 2 aromatic rings. The Hall–Kier alpha value is -4.18. The van der Waals surface area contributed by atoms with Gasteiger partial charge in [-0.25, -0.2) is 22.6 Å². The smallest absolute Gasteiger partial charge is 0.405 e. The van der Waals surface area contributed by atoms with Crippen LogP contribution in [0.5, 0.6) is 11.5 Å². The van der Waals surface area contributed by atoms with Crippen LogP contribution in [0.15, 0.2) is 36.5 Å². The Balaban J connectivity index is 1.35. The van der Waals surface area contributed by atoms with E-state index in [0.29, 0.717) is 41.5 Å². The minimum Gasteiger partial charge on any atom is -0.497 e. The van der Waals surface area contributed by atoms with Gasteiger partial charge in [0.15, 0.2) is 0 Å². The Morgan fingerprint density at radius 3 is 2.62 bits per heavy atom. The number of rotatable bonds is 8. The van der Waals surface area contributed by atoms with Gasteiger partial charge in [-0.05, 0) is 68.6 Å². The highest BCUT2D eigenvalue weighted by molar-refractivity contribution is 7.91. The van der Waals surface area contributed by atoms with Crippen molar-refractivity contribution in [2.24, 2.45) is 17.8 Å². The fourth-order valence-electron chi connectivity index (χ4n) is 7.45. The van der Waals surface area contributed by atoms with Gasteiger partial charge in [0.05, 0.1) is 19.9 Å². The summed E-state index contributed by atoms with van der Waals surface area (Å²) in [5.74, 6) is -2.48. The number of benzene rings is 1. The average molecular weight is 764 g/mol. The van der Waals surface area contributed by atoms with E-state index < -0.39 is 80.8 Å². The molecule has 1 aromatic heterocycles. The van der Waals surface area contributed by atoms with E-state index in [2.05, 4.69) is 15.6 Å². The van der Waals surface area contributed by atoms with Crippen LogP contribution >= 0.6 is 11.6 Å². The molecule has 2 aliphatic heterocycles. The molecule has 4 amide bonds. The quantitative estimate of drug-likeness (QED) is 0.228. The number of halogens is 2. The summed E-state index contributed by atoms with van der Waals surface area (Å²) in [7, 11) is -2.88. The fraction of sp³-hybridized carbons (Fsp3) is 0.571. The van der Waals surface area contributed by atoms with Crippen LogP contribution in [0.2, 0.25) is 5.15 Å². The second-order valence-corrected chi connectivity index (χ2v) is 17.0. The van der Waals surface area contributed by atoms with Gasteiger partial charge < -0.3 is 30.1 Å². The third-order valence-electron chi connectivity index (χ3n) is 10.8. The number of fused-ring (bicyclic) bond motifs is 3. The first kappa shape index (κ1) is 37.6. The minimum atomic E-state index is -4.39. The monoisotopic (exact) mass is 763 g/mol. The lowest BCUT2D eigenvalue weighted by Gasteiger charge is -2.32. The normalized spacial score (nSPS) is 30.2. The summed E-state index contributed by atoms with van der Waals surface area (Å²) < 4.78 is 52.1. The van der Waals surface area contributed by atoms with Crippen LogP contribution in [0.1, 0.15) is 58.8 Å². The number of aromatic nitrogens is 1. The Bertz CT molecular complexity index is 1910. The topological polar surface area (TPSA) is 193 Å². The van der Waals surface area contributed by atoms with E-state index in [1.807, 2.05) is 17.7 Å². The van der Waals surface area contributed by atoms with E-state index in [1.165, 1.54) is 18.2 Å². The summed E-state index contributed by atoms with van der Waals surface area (Å²) in [6, 6.07) is 2.71. The third kappa shape index (κ3) is 7.23. The number of allylic oxidation sites excluding steroid dienone is 1. The zero-order valence-corrected chi connectivity index (χ0v) is 30.6. The number of pyridine rings is 1. The number of carbonyl (C=O) groups excluding carboxylic acids is 3. The van der Waals surface area contributed by atoms with Crippen LogP contribution in [-0.2, 0) is 24.4 Å². The Labute approximate surface area is 305 Å². The molecule has 7 atom stereocenters. The van der Waals surface area contributed by atoms with Gasteiger partial charge in [-0.15, -0.1) is 0 Å². The molecule has 4 N–H and O–H groups in total. The molecule has 17 heteroatoms. The van der Waals surface area contributed by atoms with E-state index >= 15 is 0 Å². The number of carbonyl (C=O) groups is 4. The molecule has 2 aliphatic carbocycles. The highest BCUT2D eigenvalue weighted by Gasteiger charge is 2.64. The summed E-state index contributed by atoms with van der Waals surface area (Å²) in [4.78, 5) is 59.9. The summed E-state index contributed by atoms with van der Waals surface area (Å²) >= 11 is 6.36. The molecule has 1 saturated heterocycles. The molecule has 6 rings (SSSR count). The van der Waals surface area contributed by atoms with Crippen molar-refractivity contribution in [3.05, 3.63) is 41.7 Å². The van der Waals surface area contributed by atoms with Crippen molar-refractivity contribution in [2.75, 3.05) is 20.3 Å². The minimum absolute atomic E-state index is 0.0578. The molecular formula is C35H43ClFN5O9S. The van der Waals surface area contributed by atoms with Crippen LogP contribution in [-0.4, -0.2) is 96.0 Å². The number of carboxylic acid groups (broad SMARTS) is 1. The Kier molecular flexibility index (Phi) is 10.4. The summed E-state index contributed by atoms with van der Waals surface area (Å²) in [5.41, 5.74) is -1.68. The molecule has 282 valence electrons. The molecule has 52 heavy (non-hydrogen) atoms. The second kappa shape index (κ2) is 14.3. The average Bonchev–Trinajstić information content (AvgIpc) is 4.01. The highest BCUT2D eigenvalue weighted by atomic mass is 35.5. The van der Waals surface area contributed by atoms with Gasteiger partial charge >= 0.3 is 6.09 Å².